The summed E-state index contributed by atoms with van der Waals surface area (Å²) in [4.78, 5) is 14.6. The number of rotatable bonds is 5. The number of carbonyl (C=O) groups is 1. The van der Waals surface area contributed by atoms with Crippen molar-refractivity contribution in [1.82, 2.24) is 10.2 Å². The standard InChI is InChI=1S/C17H24N2O3/c20-17(18-9-6-12-19-10-4-1-5-11-19)16-13-21-14-7-2-3-8-15(14)22-16/h2-3,7-8,16H,1,4-6,9-13H2,(H,18,20)/t16-/m0/s1. The van der Waals surface area contributed by atoms with Crippen LogP contribution in [0, 0.1) is 0 Å². The molecule has 0 aromatic heterocycles. The topological polar surface area (TPSA) is 50.8 Å². The summed E-state index contributed by atoms with van der Waals surface area (Å²) in [5, 5.41) is 2.95. The van der Waals surface area contributed by atoms with Crippen LogP contribution in [-0.4, -0.2) is 49.7 Å². The summed E-state index contributed by atoms with van der Waals surface area (Å²) in [7, 11) is 0. The van der Waals surface area contributed by atoms with Crippen molar-refractivity contribution in [3.05, 3.63) is 24.3 Å². The zero-order chi connectivity index (χ0) is 15.2. The Morgan fingerprint density at radius 3 is 2.77 bits per heavy atom. The van der Waals surface area contributed by atoms with Crippen molar-refractivity contribution in [2.45, 2.75) is 31.8 Å². The van der Waals surface area contributed by atoms with Gasteiger partial charge in [-0.1, -0.05) is 18.6 Å². The van der Waals surface area contributed by atoms with Crippen molar-refractivity contribution in [3.63, 3.8) is 0 Å². The van der Waals surface area contributed by atoms with E-state index in [0.29, 0.717) is 18.0 Å². The summed E-state index contributed by atoms with van der Waals surface area (Å²) in [6.45, 7) is 4.42. The maximum Gasteiger partial charge on any atom is 0.264 e. The van der Waals surface area contributed by atoms with Crippen LogP contribution in [0.4, 0.5) is 0 Å². The molecule has 2 aliphatic heterocycles. The van der Waals surface area contributed by atoms with Crippen LogP contribution in [0.2, 0.25) is 0 Å². The highest BCUT2D eigenvalue weighted by molar-refractivity contribution is 5.81. The quantitative estimate of drug-likeness (QED) is 0.843. The molecule has 22 heavy (non-hydrogen) atoms. The predicted octanol–water partition coefficient (Wildman–Crippen LogP) is 1.82. The van der Waals surface area contributed by atoms with Gasteiger partial charge in [0.2, 0.25) is 6.10 Å². The number of amides is 1. The fraction of sp³-hybridized carbons (Fsp3) is 0.588. The molecule has 5 nitrogen and oxygen atoms in total. The van der Waals surface area contributed by atoms with Gasteiger partial charge in [0.05, 0.1) is 0 Å². The Labute approximate surface area is 131 Å². The minimum atomic E-state index is -0.551. The molecule has 0 saturated carbocycles. The van der Waals surface area contributed by atoms with E-state index in [9.17, 15) is 4.79 Å². The minimum Gasteiger partial charge on any atom is -0.485 e. The zero-order valence-electron chi connectivity index (χ0n) is 12.9. The van der Waals surface area contributed by atoms with E-state index in [1.807, 2.05) is 24.3 Å². The van der Waals surface area contributed by atoms with Crippen LogP contribution in [0.3, 0.4) is 0 Å². The van der Waals surface area contributed by atoms with Gasteiger partial charge in [0.25, 0.3) is 5.91 Å². The first-order valence-corrected chi connectivity index (χ1v) is 8.21. The molecule has 1 fully saturated rings. The Kier molecular flexibility index (Phi) is 5.16. The highest BCUT2D eigenvalue weighted by Crippen LogP contribution is 2.30. The summed E-state index contributed by atoms with van der Waals surface area (Å²) in [6, 6.07) is 7.44. The molecule has 0 unspecified atom stereocenters. The summed E-state index contributed by atoms with van der Waals surface area (Å²) >= 11 is 0. The van der Waals surface area contributed by atoms with E-state index in [4.69, 9.17) is 9.47 Å². The van der Waals surface area contributed by atoms with Gasteiger partial charge >= 0.3 is 0 Å². The Balaban J connectivity index is 1.37. The Morgan fingerprint density at radius 2 is 1.95 bits per heavy atom. The molecule has 1 saturated heterocycles. The number of para-hydroxylation sites is 2. The number of benzene rings is 1. The number of fused-ring (bicyclic) bond motifs is 1. The molecule has 1 aromatic rings. The van der Waals surface area contributed by atoms with Gasteiger partial charge in [0.1, 0.15) is 6.61 Å². The van der Waals surface area contributed by atoms with Gasteiger partial charge in [-0.2, -0.15) is 0 Å². The van der Waals surface area contributed by atoms with Crippen LogP contribution in [0.5, 0.6) is 11.5 Å². The Hall–Kier alpha value is -1.75. The Morgan fingerprint density at radius 1 is 1.18 bits per heavy atom. The second-order valence-corrected chi connectivity index (χ2v) is 5.91. The number of nitrogens with zero attached hydrogens (tertiary/aromatic N) is 1. The number of likely N-dealkylation sites (tertiary alicyclic amines) is 1. The first kappa shape index (κ1) is 15.2. The van der Waals surface area contributed by atoms with Crippen molar-refractivity contribution in [2.24, 2.45) is 0 Å². The largest absolute Gasteiger partial charge is 0.485 e. The lowest BCUT2D eigenvalue weighted by molar-refractivity contribution is -0.130. The van der Waals surface area contributed by atoms with E-state index >= 15 is 0 Å². The monoisotopic (exact) mass is 304 g/mol. The van der Waals surface area contributed by atoms with Crippen LogP contribution in [0.15, 0.2) is 24.3 Å². The fourth-order valence-electron chi connectivity index (χ4n) is 2.96. The van der Waals surface area contributed by atoms with Crippen molar-refractivity contribution < 1.29 is 14.3 Å². The van der Waals surface area contributed by atoms with E-state index in [1.165, 1.54) is 32.4 Å². The lowest BCUT2D eigenvalue weighted by atomic mass is 10.1. The molecule has 0 radical (unpaired) electrons. The van der Waals surface area contributed by atoms with E-state index in [2.05, 4.69) is 10.2 Å². The lowest BCUT2D eigenvalue weighted by Gasteiger charge is -2.27. The van der Waals surface area contributed by atoms with Gasteiger partial charge in [0.15, 0.2) is 11.5 Å². The van der Waals surface area contributed by atoms with Gasteiger partial charge in [-0.3, -0.25) is 4.79 Å². The van der Waals surface area contributed by atoms with E-state index in [-0.39, 0.29) is 12.5 Å². The summed E-state index contributed by atoms with van der Waals surface area (Å²) in [5.74, 6) is 1.26. The minimum absolute atomic E-state index is 0.0897. The van der Waals surface area contributed by atoms with Gasteiger partial charge in [-0.25, -0.2) is 0 Å². The number of hydrogen-bond acceptors (Lipinski definition) is 4. The molecule has 1 atom stereocenters. The van der Waals surface area contributed by atoms with E-state index in [1.54, 1.807) is 0 Å². The third-order valence-electron chi connectivity index (χ3n) is 4.20. The van der Waals surface area contributed by atoms with Crippen molar-refractivity contribution in [1.29, 1.82) is 0 Å². The average molecular weight is 304 g/mol. The number of ether oxygens (including phenoxy) is 2. The van der Waals surface area contributed by atoms with Crippen LogP contribution in [0.25, 0.3) is 0 Å². The highest BCUT2D eigenvalue weighted by atomic mass is 16.6. The second kappa shape index (κ2) is 7.49. The molecule has 5 heteroatoms. The number of nitrogens with one attached hydrogen (secondary N) is 1. The number of piperidine rings is 1. The van der Waals surface area contributed by atoms with Crippen LogP contribution >= 0.6 is 0 Å². The fourth-order valence-corrected chi connectivity index (χ4v) is 2.96. The van der Waals surface area contributed by atoms with Gasteiger partial charge in [0, 0.05) is 6.54 Å². The second-order valence-electron chi connectivity index (χ2n) is 5.91. The van der Waals surface area contributed by atoms with Crippen LogP contribution < -0.4 is 14.8 Å². The predicted molar refractivity (Wildman–Crippen MR) is 84.3 cm³/mol. The highest BCUT2D eigenvalue weighted by Gasteiger charge is 2.26. The maximum atomic E-state index is 12.1. The molecule has 0 bridgehead atoms. The van der Waals surface area contributed by atoms with Crippen molar-refractivity contribution in [2.75, 3.05) is 32.8 Å². The summed E-state index contributed by atoms with van der Waals surface area (Å²) in [6.07, 6.45) is 4.40. The third-order valence-corrected chi connectivity index (χ3v) is 4.20. The van der Waals surface area contributed by atoms with Crippen molar-refractivity contribution in [3.8, 4) is 11.5 Å². The molecule has 1 amide bonds. The summed E-state index contributed by atoms with van der Waals surface area (Å²) < 4.78 is 11.3. The maximum absolute atomic E-state index is 12.1. The van der Waals surface area contributed by atoms with E-state index < -0.39 is 6.10 Å². The Bertz CT molecular complexity index is 500. The molecule has 3 rings (SSSR count). The smallest absolute Gasteiger partial charge is 0.264 e. The van der Waals surface area contributed by atoms with Crippen LogP contribution in [-0.2, 0) is 4.79 Å². The average Bonchev–Trinajstić information content (AvgIpc) is 2.59. The van der Waals surface area contributed by atoms with E-state index in [0.717, 1.165) is 13.0 Å². The third kappa shape index (κ3) is 3.91. The molecule has 1 N–H and O–H groups in total. The molecular formula is C17H24N2O3. The number of hydrogen-bond donors (Lipinski definition) is 1. The molecule has 2 aliphatic rings. The zero-order valence-corrected chi connectivity index (χ0v) is 12.9. The molecule has 2 heterocycles. The van der Waals surface area contributed by atoms with Gasteiger partial charge in [-0.05, 0) is 51.0 Å². The van der Waals surface area contributed by atoms with Crippen LogP contribution in [0.1, 0.15) is 25.7 Å². The first-order valence-electron chi connectivity index (χ1n) is 8.21. The molecule has 120 valence electrons. The molecular weight excluding hydrogens is 280 g/mol. The molecule has 0 aliphatic carbocycles. The SMILES string of the molecule is O=C(NCCCN1CCCCC1)[C@@H]1COc2ccccc2O1. The van der Waals surface area contributed by atoms with Crippen molar-refractivity contribution >= 4 is 5.91 Å². The molecule has 0 spiro atoms. The number of carbonyl (C=O) groups excluding carboxylic acids is 1. The lowest BCUT2D eigenvalue weighted by Crippen LogP contribution is -2.44. The van der Waals surface area contributed by atoms with Gasteiger partial charge < -0.3 is 19.7 Å². The summed E-state index contributed by atoms with van der Waals surface area (Å²) in [5.41, 5.74) is 0. The molecule has 1 aromatic carbocycles. The first-order chi connectivity index (χ1) is 10.8. The normalized spacial score (nSPS) is 21.4. The van der Waals surface area contributed by atoms with Gasteiger partial charge in [-0.15, -0.1) is 0 Å².